The zero-order valence-electron chi connectivity index (χ0n) is 12.4. The number of anilines is 1. The monoisotopic (exact) mass is 290 g/mol. The number of fused-ring (bicyclic) bond motifs is 1. The second-order valence-electron chi connectivity index (χ2n) is 5.69. The largest absolute Gasteiger partial charge is 0.482 e. The molecule has 1 aromatic rings. The first kappa shape index (κ1) is 14.4. The molecule has 2 heterocycles. The highest BCUT2D eigenvalue weighted by Crippen LogP contribution is 2.30. The molecule has 0 saturated carbocycles. The van der Waals surface area contributed by atoms with Crippen molar-refractivity contribution < 1.29 is 14.3 Å². The van der Waals surface area contributed by atoms with Crippen molar-refractivity contribution >= 4 is 11.6 Å². The minimum Gasteiger partial charge on any atom is -0.482 e. The molecule has 21 heavy (non-hydrogen) atoms. The first-order chi connectivity index (χ1) is 10.2. The zero-order valence-corrected chi connectivity index (χ0v) is 12.4. The van der Waals surface area contributed by atoms with Gasteiger partial charge in [0, 0.05) is 12.6 Å². The average Bonchev–Trinajstić information content (AvgIpc) is 2.99. The Kier molecular flexibility index (Phi) is 4.41. The molecule has 1 aromatic carbocycles. The van der Waals surface area contributed by atoms with E-state index in [4.69, 9.17) is 9.47 Å². The first-order valence-electron chi connectivity index (χ1n) is 7.64. The number of rotatable bonds is 5. The van der Waals surface area contributed by atoms with Gasteiger partial charge in [-0.2, -0.15) is 0 Å². The van der Waals surface area contributed by atoms with Crippen LogP contribution in [-0.2, 0) is 9.53 Å². The van der Waals surface area contributed by atoms with Crippen molar-refractivity contribution in [1.29, 1.82) is 0 Å². The lowest BCUT2D eigenvalue weighted by Crippen LogP contribution is -2.26. The predicted molar refractivity (Wildman–Crippen MR) is 80.6 cm³/mol. The number of benzene rings is 1. The van der Waals surface area contributed by atoms with Gasteiger partial charge in [0.05, 0.1) is 11.8 Å². The molecule has 3 rings (SSSR count). The van der Waals surface area contributed by atoms with Crippen LogP contribution in [0.25, 0.3) is 0 Å². The second-order valence-corrected chi connectivity index (χ2v) is 5.69. The topological polar surface area (TPSA) is 59.6 Å². The SMILES string of the molecule is CC(NCCC1CCCO1)c1ccc2c(c1)NC(=O)CO2. The fraction of sp³-hybridized carbons (Fsp3) is 0.562. The summed E-state index contributed by atoms with van der Waals surface area (Å²) >= 11 is 0. The van der Waals surface area contributed by atoms with Gasteiger partial charge in [-0.3, -0.25) is 4.79 Å². The molecule has 0 spiro atoms. The third kappa shape index (κ3) is 3.54. The number of amides is 1. The van der Waals surface area contributed by atoms with Crippen LogP contribution in [0.1, 0.15) is 37.8 Å². The van der Waals surface area contributed by atoms with Crippen LogP contribution < -0.4 is 15.4 Å². The lowest BCUT2D eigenvalue weighted by molar-refractivity contribution is -0.118. The molecule has 5 nitrogen and oxygen atoms in total. The molecule has 1 amide bonds. The van der Waals surface area contributed by atoms with E-state index in [2.05, 4.69) is 17.6 Å². The normalized spacial score (nSPS) is 22.3. The van der Waals surface area contributed by atoms with Gasteiger partial charge in [0.15, 0.2) is 6.61 Å². The van der Waals surface area contributed by atoms with Crippen LogP contribution >= 0.6 is 0 Å². The molecule has 2 atom stereocenters. The van der Waals surface area contributed by atoms with Gasteiger partial charge in [-0.1, -0.05) is 6.07 Å². The van der Waals surface area contributed by atoms with Gasteiger partial charge < -0.3 is 20.1 Å². The number of carbonyl (C=O) groups is 1. The van der Waals surface area contributed by atoms with Crippen molar-refractivity contribution in [3.63, 3.8) is 0 Å². The summed E-state index contributed by atoms with van der Waals surface area (Å²) < 4.78 is 11.0. The number of carbonyl (C=O) groups excluding carboxylic acids is 1. The number of nitrogens with one attached hydrogen (secondary N) is 2. The highest BCUT2D eigenvalue weighted by molar-refractivity contribution is 5.95. The predicted octanol–water partition coefficient (Wildman–Crippen LogP) is 2.24. The molecule has 114 valence electrons. The smallest absolute Gasteiger partial charge is 0.262 e. The van der Waals surface area contributed by atoms with Crippen LogP contribution in [0.3, 0.4) is 0 Å². The van der Waals surface area contributed by atoms with Crippen molar-refractivity contribution in [1.82, 2.24) is 5.32 Å². The van der Waals surface area contributed by atoms with Crippen LogP contribution in [-0.4, -0.2) is 31.8 Å². The van der Waals surface area contributed by atoms with Gasteiger partial charge in [0.25, 0.3) is 5.91 Å². The minimum absolute atomic E-state index is 0.0985. The maximum atomic E-state index is 11.4. The molecule has 5 heteroatoms. The molecule has 1 saturated heterocycles. The number of ether oxygens (including phenoxy) is 2. The van der Waals surface area contributed by atoms with Crippen molar-refractivity contribution in [3.05, 3.63) is 23.8 Å². The molecule has 1 fully saturated rings. The standard InChI is InChI=1S/C16H22N2O3/c1-11(17-7-6-13-3-2-8-20-13)12-4-5-15-14(9-12)18-16(19)10-21-15/h4-5,9,11,13,17H,2-3,6-8,10H2,1H3,(H,18,19). The Morgan fingerprint density at radius 1 is 1.48 bits per heavy atom. The van der Waals surface area contributed by atoms with E-state index in [1.165, 1.54) is 12.8 Å². The van der Waals surface area contributed by atoms with Gasteiger partial charge in [-0.15, -0.1) is 0 Å². The van der Waals surface area contributed by atoms with Gasteiger partial charge >= 0.3 is 0 Å². The quantitative estimate of drug-likeness (QED) is 0.873. The zero-order chi connectivity index (χ0) is 14.7. The lowest BCUT2D eigenvalue weighted by Gasteiger charge is -2.21. The summed E-state index contributed by atoms with van der Waals surface area (Å²) in [4.78, 5) is 11.4. The third-order valence-corrected chi connectivity index (χ3v) is 4.08. The summed E-state index contributed by atoms with van der Waals surface area (Å²) in [6, 6.07) is 6.17. The van der Waals surface area contributed by atoms with E-state index < -0.39 is 0 Å². The summed E-state index contributed by atoms with van der Waals surface area (Å²) in [5, 5.41) is 6.35. The van der Waals surface area contributed by atoms with Crippen molar-refractivity contribution in [2.24, 2.45) is 0 Å². The van der Waals surface area contributed by atoms with E-state index >= 15 is 0 Å². The Morgan fingerprint density at radius 2 is 2.38 bits per heavy atom. The molecule has 2 unspecified atom stereocenters. The van der Waals surface area contributed by atoms with Gasteiger partial charge in [0.1, 0.15) is 5.75 Å². The van der Waals surface area contributed by atoms with Crippen molar-refractivity contribution in [2.45, 2.75) is 38.3 Å². The van der Waals surface area contributed by atoms with Crippen LogP contribution in [0.15, 0.2) is 18.2 Å². The van der Waals surface area contributed by atoms with E-state index in [1.54, 1.807) is 0 Å². The highest BCUT2D eigenvalue weighted by Gasteiger charge is 2.18. The molecular weight excluding hydrogens is 268 g/mol. The van der Waals surface area contributed by atoms with Crippen molar-refractivity contribution in [2.75, 3.05) is 25.1 Å². The lowest BCUT2D eigenvalue weighted by atomic mass is 10.1. The highest BCUT2D eigenvalue weighted by atomic mass is 16.5. The molecule has 0 radical (unpaired) electrons. The van der Waals surface area contributed by atoms with E-state index in [1.807, 2.05) is 18.2 Å². The Labute approximate surface area is 125 Å². The molecule has 2 aliphatic heterocycles. The van der Waals surface area contributed by atoms with Crippen LogP contribution in [0, 0.1) is 0 Å². The fourth-order valence-corrected chi connectivity index (χ4v) is 2.82. The molecule has 0 bridgehead atoms. The summed E-state index contributed by atoms with van der Waals surface area (Å²) in [5.41, 5.74) is 1.91. The summed E-state index contributed by atoms with van der Waals surface area (Å²) in [6.07, 6.45) is 3.83. The molecular formula is C16H22N2O3. The van der Waals surface area contributed by atoms with E-state index in [0.717, 1.165) is 36.6 Å². The van der Waals surface area contributed by atoms with Gasteiger partial charge in [-0.05, 0) is 50.4 Å². The third-order valence-electron chi connectivity index (χ3n) is 4.08. The molecule has 2 N–H and O–H groups in total. The summed E-state index contributed by atoms with van der Waals surface area (Å²) in [7, 11) is 0. The van der Waals surface area contributed by atoms with Crippen LogP contribution in [0.5, 0.6) is 5.75 Å². The molecule has 2 aliphatic rings. The maximum Gasteiger partial charge on any atom is 0.262 e. The summed E-state index contributed by atoms with van der Waals surface area (Å²) in [5.74, 6) is 0.642. The Hall–Kier alpha value is -1.59. The maximum absolute atomic E-state index is 11.4. The van der Waals surface area contributed by atoms with Gasteiger partial charge in [0.2, 0.25) is 0 Å². The first-order valence-corrected chi connectivity index (χ1v) is 7.64. The average molecular weight is 290 g/mol. The van der Waals surface area contributed by atoms with E-state index in [-0.39, 0.29) is 18.6 Å². The van der Waals surface area contributed by atoms with Crippen LogP contribution in [0.2, 0.25) is 0 Å². The van der Waals surface area contributed by atoms with E-state index in [0.29, 0.717) is 6.10 Å². The minimum atomic E-state index is -0.0985. The fourth-order valence-electron chi connectivity index (χ4n) is 2.82. The number of hydrogen-bond acceptors (Lipinski definition) is 4. The Bertz CT molecular complexity index is 512. The van der Waals surface area contributed by atoms with Gasteiger partial charge in [-0.25, -0.2) is 0 Å². The number of hydrogen-bond donors (Lipinski definition) is 2. The van der Waals surface area contributed by atoms with Crippen LogP contribution in [0.4, 0.5) is 5.69 Å². The molecule has 0 aliphatic carbocycles. The molecule has 0 aromatic heterocycles. The Balaban J connectivity index is 1.55. The second kappa shape index (κ2) is 6.45. The Morgan fingerprint density at radius 3 is 3.19 bits per heavy atom. The van der Waals surface area contributed by atoms with E-state index in [9.17, 15) is 4.79 Å². The summed E-state index contributed by atoms with van der Waals surface area (Å²) in [6.45, 7) is 4.07. The van der Waals surface area contributed by atoms with Crippen molar-refractivity contribution in [3.8, 4) is 5.75 Å².